The number of ether oxygens (including phenoxy) is 1. The Morgan fingerprint density at radius 1 is 1.63 bits per heavy atom. The number of hydrogen-bond donors (Lipinski definition) is 4. The van der Waals surface area contributed by atoms with Crippen LogP contribution in [0.1, 0.15) is 18.2 Å². The third-order valence-electron chi connectivity index (χ3n) is 2.99. The molecule has 9 heteroatoms. The number of halogens is 1. The Morgan fingerprint density at radius 3 is 2.84 bits per heavy atom. The Morgan fingerprint density at radius 2 is 2.32 bits per heavy atom. The van der Waals surface area contributed by atoms with Crippen molar-refractivity contribution in [2.24, 2.45) is 0 Å². The van der Waals surface area contributed by atoms with Gasteiger partial charge in [0.05, 0.1) is 6.61 Å². The van der Waals surface area contributed by atoms with Crippen molar-refractivity contribution in [1.29, 1.82) is 0 Å². The van der Waals surface area contributed by atoms with E-state index in [1.807, 2.05) is 0 Å². The summed E-state index contributed by atoms with van der Waals surface area (Å²) in [5, 5.41) is 27.4. The maximum Gasteiger partial charge on any atom is 0.328 e. The predicted octanol–water partition coefficient (Wildman–Crippen LogP) is -0.664. The van der Waals surface area contributed by atoms with E-state index in [0.717, 1.165) is 4.57 Å². The van der Waals surface area contributed by atoms with E-state index in [1.165, 1.54) is 6.20 Å². The molecule has 0 spiro atoms. The zero-order valence-electron chi connectivity index (χ0n) is 9.74. The lowest BCUT2D eigenvalue weighted by molar-refractivity contribution is -0.207. The van der Waals surface area contributed by atoms with Crippen LogP contribution in [0.15, 0.2) is 11.0 Å². The summed E-state index contributed by atoms with van der Waals surface area (Å²) in [6, 6.07) is 0. The SMILES string of the molecule is O=c1[nH]c(=S)c(CO)cn1[C@H]1C[C@H](O)[C@@](F)(CO)O1. The zero-order chi connectivity index (χ0) is 14.2. The van der Waals surface area contributed by atoms with Crippen LogP contribution in [0.5, 0.6) is 0 Å². The van der Waals surface area contributed by atoms with Crippen LogP contribution >= 0.6 is 12.2 Å². The lowest BCUT2D eigenvalue weighted by Crippen LogP contribution is -2.38. The highest BCUT2D eigenvalue weighted by Crippen LogP contribution is 2.36. The molecule has 0 unspecified atom stereocenters. The van der Waals surface area contributed by atoms with Crippen LogP contribution in [0.25, 0.3) is 0 Å². The van der Waals surface area contributed by atoms with Crippen molar-refractivity contribution < 1.29 is 24.4 Å². The first-order valence-corrected chi connectivity index (χ1v) is 5.93. The molecule has 19 heavy (non-hydrogen) atoms. The van der Waals surface area contributed by atoms with E-state index in [4.69, 9.17) is 27.2 Å². The standard InChI is InChI=1S/C10H13FN2O5S/c11-10(4-15)6(16)1-7(18-10)13-2-5(3-14)8(19)12-9(13)17/h2,6-7,14-16H,1,3-4H2,(H,12,17,19)/t6-,7+,10+/m0/s1. The van der Waals surface area contributed by atoms with E-state index < -0.39 is 37.1 Å². The molecule has 1 aromatic heterocycles. The van der Waals surface area contributed by atoms with E-state index in [0.29, 0.717) is 0 Å². The molecular weight excluding hydrogens is 279 g/mol. The van der Waals surface area contributed by atoms with Gasteiger partial charge < -0.3 is 20.1 Å². The number of aliphatic hydroxyl groups excluding tert-OH is 3. The molecule has 1 fully saturated rings. The number of aromatic nitrogens is 2. The molecular formula is C10H13FN2O5S. The summed E-state index contributed by atoms with van der Waals surface area (Å²) in [5.41, 5.74) is -0.380. The molecule has 0 saturated carbocycles. The zero-order valence-corrected chi connectivity index (χ0v) is 10.6. The predicted molar refractivity (Wildman–Crippen MR) is 63.5 cm³/mol. The smallest absolute Gasteiger partial charge is 0.328 e. The van der Waals surface area contributed by atoms with Crippen molar-refractivity contribution in [3.8, 4) is 0 Å². The number of H-pyrrole nitrogens is 1. The monoisotopic (exact) mass is 292 g/mol. The number of nitrogens with one attached hydrogen (secondary N) is 1. The largest absolute Gasteiger partial charge is 0.392 e. The molecule has 3 atom stereocenters. The van der Waals surface area contributed by atoms with E-state index in [-0.39, 0.29) is 16.6 Å². The topological polar surface area (TPSA) is 108 Å². The van der Waals surface area contributed by atoms with Crippen LogP contribution in [0.2, 0.25) is 0 Å². The van der Waals surface area contributed by atoms with Gasteiger partial charge in [-0.05, 0) is 0 Å². The third-order valence-corrected chi connectivity index (χ3v) is 3.36. The molecule has 0 aromatic carbocycles. The first-order chi connectivity index (χ1) is 8.91. The average Bonchev–Trinajstić information content (AvgIpc) is 2.66. The fourth-order valence-corrected chi connectivity index (χ4v) is 2.09. The van der Waals surface area contributed by atoms with Gasteiger partial charge in [0.1, 0.15) is 23.6 Å². The molecule has 1 aliphatic heterocycles. The maximum atomic E-state index is 13.8. The Hall–Kier alpha value is -1.13. The van der Waals surface area contributed by atoms with Gasteiger partial charge in [0, 0.05) is 18.2 Å². The molecule has 2 heterocycles. The number of aliphatic hydroxyl groups is 3. The van der Waals surface area contributed by atoms with E-state index in [2.05, 4.69) is 4.98 Å². The molecule has 0 amide bonds. The molecule has 7 nitrogen and oxygen atoms in total. The van der Waals surface area contributed by atoms with Crippen LogP contribution in [0.4, 0.5) is 4.39 Å². The van der Waals surface area contributed by atoms with Crippen molar-refractivity contribution in [1.82, 2.24) is 9.55 Å². The molecule has 0 aliphatic carbocycles. The number of alkyl halides is 1. The van der Waals surface area contributed by atoms with E-state index in [1.54, 1.807) is 0 Å². The number of nitrogens with zero attached hydrogens (tertiary/aromatic N) is 1. The summed E-state index contributed by atoms with van der Waals surface area (Å²) in [4.78, 5) is 14.0. The van der Waals surface area contributed by atoms with E-state index >= 15 is 0 Å². The maximum absolute atomic E-state index is 13.8. The van der Waals surface area contributed by atoms with Crippen LogP contribution < -0.4 is 5.69 Å². The van der Waals surface area contributed by atoms with E-state index in [9.17, 15) is 14.3 Å². The second-order valence-electron chi connectivity index (χ2n) is 4.25. The van der Waals surface area contributed by atoms with Crippen LogP contribution in [-0.4, -0.2) is 43.4 Å². The lowest BCUT2D eigenvalue weighted by Gasteiger charge is -2.20. The Labute approximate surface area is 111 Å². The molecule has 4 N–H and O–H groups in total. The van der Waals surface area contributed by atoms with Gasteiger partial charge in [-0.2, -0.15) is 0 Å². The van der Waals surface area contributed by atoms with Gasteiger partial charge in [0.15, 0.2) is 0 Å². The van der Waals surface area contributed by atoms with Gasteiger partial charge in [0.25, 0.3) is 5.85 Å². The third kappa shape index (κ3) is 2.47. The molecule has 0 radical (unpaired) electrons. The minimum atomic E-state index is -2.60. The Balaban J connectivity index is 2.39. The molecule has 1 aliphatic rings. The Kier molecular flexibility index (Phi) is 3.83. The molecule has 106 valence electrons. The van der Waals surface area contributed by atoms with Crippen molar-refractivity contribution >= 4 is 12.2 Å². The minimum absolute atomic E-state index is 0.0796. The number of rotatable bonds is 3. The number of aromatic amines is 1. The lowest BCUT2D eigenvalue weighted by atomic mass is 10.1. The molecule has 2 rings (SSSR count). The van der Waals surface area contributed by atoms with Gasteiger partial charge in [0.2, 0.25) is 0 Å². The van der Waals surface area contributed by atoms with Gasteiger partial charge in [-0.15, -0.1) is 0 Å². The summed E-state index contributed by atoms with van der Waals surface area (Å²) in [7, 11) is 0. The molecule has 0 bridgehead atoms. The summed E-state index contributed by atoms with van der Waals surface area (Å²) in [6.45, 7) is -1.42. The van der Waals surface area contributed by atoms with Gasteiger partial charge in [-0.1, -0.05) is 12.2 Å². The van der Waals surface area contributed by atoms with Crippen molar-refractivity contribution in [3.63, 3.8) is 0 Å². The summed E-state index contributed by atoms with van der Waals surface area (Å²) < 4.78 is 19.8. The average molecular weight is 292 g/mol. The fourth-order valence-electron chi connectivity index (χ4n) is 1.89. The quantitative estimate of drug-likeness (QED) is 0.551. The van der Waals surface area contributed by atoms with Crippen LogP contribution in [0, 0.1) is 4.64 Å². The van der Waals surface area contributed by atoms with Crippen molar-refractivity contribution in [3.05, 3.63) is 26.9 Å². The summed E-state index contributed by atoms with van der Waals surface area (Å²) in [5.74, 6) is -2.60. The Bertz CT molecular complexity index is 588. The van der Waals surface area contributed by atoms with Crippen LogP contribution in [-0.2, 0) is 11.3 Å². The highest BCUT2D eigenvalue weighted by molar-refractivity contribution is 7.71. The highest BCUT2D eigenvalue weighted by Gasteiger charge is 2.49. The minimum Gasteiger partial charge on any atom is -0.392 e. The van der Waals surface area contributed by atoms with Crippen LogP contribution in [0.3, 0.4) is 0 Å². The number of hydrogen-bond acceptors (Lipinski definition) is 6. The van der Waals surface area contributed by atoms with Gasteiger partial charge >= 0.3 is 5.69 Å². The summed E-state index contributed by atoms with van der Waals surface area (Å²) >= 11 is 4.83. The first-order valence-electron chi connectivity index (χ1n) is 5.52. The van der Waals surface area contributed by atoms with Crippen molar-refractivity contribution in [2.45, 2.75) is 31.2 Å². The summed E-state index contributed by atoms with van der Waals surface area (Å²) in [6.07, 6.45) is -1.60. The molecule has 1 aromatic rings. The van der Waals surface area contributed by atoms with Gasteiger partial charge in [-0.3, -0.25) is 9.55 Å². The second-order valence-corrected chi connectivity index (χ2v) is 4.66. The van der Waals surface area contributed by atoms with Crippen molar-refractivity contribution in [2.75, 3.05) is 6.61 Å². The first kappa shape index (κ1) is 14.3. The second kappa shape index (κ2) is 5.10. The molecule has 1 saturated heterocycles. The fraction of sp³-hybridized carbons (Fsp3) is 0.600. The highest BCUT2D eigenvalue weighted by atomic mass is 32.1. The normalized spacial score (nSPS) is 30.7. The van der Waals surface area contributed by atoms with Gasteiger partial charge in [-0.25, -0.2) is 9.18 Å².